The van der Waals surface area contributed by atoms with Gasteiger partial charge in [0.2, 0.25) is 15.9 Å². The molecule has 1 amide bonds. The summed E-state index contributed by atoms with van der Waals surface area (Å²) in [6, 6.07) is 10.4. The highest BCUT2D eigenvalue weighted by atomic mass is 32.2. The lowest BCUT2D eigenvalue weighted by Crippen LogP contribution is -2.50. The first-order chi connectivity index (χ1) is 14.5. The van der Waals surface area contributed by atoms with Gasteiger partial charge in [-0.3, -0.25) is 9.10 Å². The fourth-order valence-electron chi connectivity index (χ4n) is 3.80. The van der Waals surface area contributed by atoms with Crippen LogP contribution in [0.4, 0.5) is 5.69 Å². The summed E-state index contributed by atoms with van der Waals surface area (Å²) in [5, 5.41) is 3.07. The zero-order chi connectivity index (χ0) is 23.3. The zero-order valence-corrected chi connectivity index (χ0v) is 20.3. The van der Waals surface area contributed by atoms with Gasteiger partial charge in [-0.1, -0.05) is 38.1 Å². The fraction of sp³-hybridized carbons (Fsp3) is 0.458. The number of sulfonamides is 1. The van der Waals surface area contributed by atoms with Gasteiger partial charge in [0, 0.05) is 0 Å². The zero-order valence-electron chi connectivity index (χ0n) is 19.5. The number of methoxy groups -OCH3 is 1. The Morgan fingerprint density at radius 1 is 1.03 bits per heavy atom. The van der Waals surface area contributed by atoms with Crippen molar-refractivity contribution in [3.8, 4) is 5.75 Å². The average Bonchev–Trinajstić information content (AvgIpc) is 2.71. The van der Waals surface area contributed by atoms with E-state index in [-0.39, 0.29) is 11.9 Å². The van der Waals surface area contributed by atoms with Crippen molar-refractivity contribution in [3.63, 3.8) is 0 Å². The summed E-state index contributed by atoms with van der Waals surface area (Å²) in [7, 11) is -2.06. The van der Waals surface area contributed by atoms with E-state index in [0.29, 0.717) is 18.5 Å². The van der Waals surface area contributed by atoms with E-state index < -0.39 is 16.1 Å². The Hall–Kier alpha value is -2.54. The van der Waals surface area contributed by atoms with Gasteiger partial charge in [-0.05, 0) is 68.0 Å². The van der Waals surface area contributed by atoms with Gasteiger partial charge in [-0.25, -0.2) is 8.42 Å². The smallest absolute Gasteiger partial charge is 0.244 e. The number of rotatable bonds is 9. The van der Waals surface area contributed by atoms with Gasteiger partial charge in [-0.15, -0.1) is 0 Å². The lowest BCUT2D eigenvalue weighted by Gasteiger charge is -2.32. The van der Waals surface area contributed by atoms with Crippen LogP contribution < -0.4 is 14.4 Å². The molecule has 31 heavy (non-hydrogen) atoms. The number of ether oxygens (including phenoxy) is 1. The average molecular weight is 447 g/mol. The molecule has 1 N–H and O–H groups in total. The summed E-state index contributed by atoms with van der Waals surface area (Å²) < 4.78 is 32.1. The van der Waals surface area contributed by atoms with Crippen molar-refractivity contribution >= 4 is 21.6 Å². The number of aryl methyl sites for hydroxylation is 3. The third kappa shape index (κ3) is 5.79. The number of carbonyl (C=O) groups is 1. The minimum absolute atomic E-state index is 0.230. The van der Waals surface area contributed by atoms with Crippen molar-refractivity contribution in [2.45, 2.75) is 59.5 Å². The summed E-state index contributed by atoms with van der Waals surface area (Å²) in [5.41, 5.74) is 4.22. The Morgan fingerprint density at radius 2 is 1.71 bits per heavy atom. The molecular formula is C24H34N2O4S. The van der Waals surface area contributed by atoms with Gasteiger partial charge in [0.1, 0.15) is 11.8 Å². The molecule has 2 aromatic carbocycles. The van der Waals surface area contributed by atoms with Crippen LogP contribution in [0.3, 0.4) is 0 Å². The molecule has 170 valence electrons. The summed E-state index contributed by atoms with van der Waals surface area (Å²) in [6.07, 6.45) is 2.18. The van der Waals surface area contributed by atoms with E-state index in [2.05, 4.69) is 5.32 Å². The molecule has 0 aliphatic carbocycles. The lowest BCUT2D eigenvalue weighted by atomic mass is 10.0. The molecule has 0 radical (unpaired) electrons. The summed E-state index contributed by atoms with van der Waals surface area (Å²) >= 11 is 0. The first kappa shape index (κ1) is 24.7. The highest BCUT2D eigenvalue weighted by molar-refractivity contribution is 7.92. The van der Waals surface area contributed by atoms with Crippen molar-refractivity contribution in [3.05, 3.63) is 58.7 Å². The Kier molecular flexibility index (Phi) is 8.12. The molecule has 2 aromatic rings. The quantitative estimate of drug-likeness (QED) is 0.618. The van der Waals surface area contributed by atoms with Crippen LogP contribution in [-0.4, -0.2) is 33.7 Å². The van der Waals surface area contributed by atoms with Gasteiger partial charge in [0.05, 0.1) is 25.1 Å². The Balaban J connectivity index is 2.41. The van der Waals surface area contributed by atoms with E-state index in [1.54, 1.807) is 7.11 Å². The first-order valence-electron chi connectivity index (χ1n) is 10.5. The molecule has 0 saturated carbocycles. The van der Waals surface area contributed by atoms with E-state index in [1.165, 1.54) is 4.31 Å². The van der Waals surface area contributed by atoms with E-state index in [1.807, 2.05) is 71.0 Å². The highest BCUT2D eigenvalue weighted by Crippen LogP contribution is 2.29. The van der Waals surface area contributed by atoms with Crippen molar-refractivity contribution in [1.82, 2.24) is 5.32 Å². The summed E-state index contributed by atoms with van der Waals surface area (Å²) in [6.45, 7) is 9.53. The fourth-order valence-corrected chi connectivity index (χ4v) is 5.06. The van der Waals surface area contributed by atoms with E-state index in [9.17, 15) is 13.2 Å². The Morgan fingerprint density at radius 3 is 2.23 bits per heavy atom. The van der Waals surface area contributed by atoms with Crippen molar-refractivity contribution < 1.29 is 17.9 Å². The molecule has 2 atom stereocenters. The number of nitrogens with zero attached hydrogens (tertiary/aromatic N) is 1. The van der Waals surface area contributed by atoms with Crippen LogP contribution in [0.1, 0.15) is 55.0 Å². The number of nitrogens with one attached hydrogen (secondary N) is 1. The molecule has 0 heterocycles. The number of carbonyl (C=O) groups excluding carboxylic acids is 1. The molecule has 2 rings (SSSR count). The predicted octanol–water partition coefficient (Wildman–Crippen LogP) is 4.43. The van der Waals surface area contributed by atoms with Gasteiger partial charge in [0.25, 0.3) is 0 Å². The van der Waals surface area contributed by atoms with Crippen LogP contribution in [0.2, 0.25) is 0 Å². The molecule has 0 unspecified atom stereocenters. The number of amides is 1. The predicted molar refractivity (Wildman–Crippen MR) is 126 cm³/mol. The Labute approximate surface area is 186 Å². The second-order valence-corrected chi connectivity index (χ2v) is 9.83. The molecule has 0 aromatic heterocycles. The lowest BCUT2D eigenvalue weighted by molar-refractivity contribution is -0.123. The van der Waals surface area contributed by atoms with E-state index in [0.717, 1.165) is 34.3 Å². The SMILES string of the molecule is CC[C@H](C(=O)N[C@H](CC)c1ccc(OC)c(C)c1)N(c1cc(C)ccc1C)S(C)(=O)=O. The minimum Gasteiger partial charge on any atom is -0.496 e. The second-order valence-electron chi connectivity index (χ2n) is 7.97. The highest BCUT2D eigenvalue weighted by Gasteiger charge is 2.33. The minimum atomic E-state index is -3.68. The van der Waals surface area contributed by atoms with Crippen LogP contribution >= 0.6 is 0 Å². The van der Waals surface area contributed by atoms with E-state index in [4.69, 9.17) is 4.74 Å². The van der Waals surface area contributed by atoms with Gasteiger partial charge in [-0.2, -0.15) is 0 Å². The number of hydrogen-bond acceptors (Lipinski definition) is 4. The van der Waals surface area contributed by atoms with Gasteiger partial charge < -0.3 is 10.1 Å². The van der Waals surface area contributed by atoms with Gasteiger partial charge in [0.15, 0.2) is 0 Å². The molecule has 0 spiro atoms. The molecule has 0 saturated heterocycles. The largest absolute Gasteiger partial charge is 0.496 e. The van der Waals surface area contributed by atoms with Crippen LogP contribution in [-0.2, 0) is 14.8 Å². The van der Waals surface area contributed by atoms with Crippen LogP contribution in [0.15, 0.2) is 36.4 Å². The summed E-state index contributed by atoms with van der Waals surface area (Å²) in [5.74, 6) is 0.476. The van der Waals surface area contributed by atoms with Crippen molar-refractivity contribution in [2.75, 3.05) is 17.7 Å². The van der Waals surface area contributed by atoms with Crippen LogP contribution in [0.5, 0.6) is 5.75 Å². The summed E-state index contributed by atoms with van der Waals surface area (Å²) in [4.78, 5) is 13.3. The third-order valence-electron chi connectivity index (χ3n) is 5.48. The van der Waals surface area contributed by atoms with Crippen molar-refractivity contribution in [1.29, 1.82) is 0 Å². The molecule has 6 nitrogen and oxygen atoms in total. The standard InChI is InChI=1S/C24H34N2O4S/c1-8-20(19-12-13-23(30-6)18(5)15-19)25-24(27)21(9-2)26(31(7,28)29)22-14-16(3)10-11-17(22)4/h10-15,20-21H,8-9H2,1-7H3,(H,25,27)/t20-,21-/m1/s1. The molecule has 0 aliphatic rings. The molecule has 0 bridgehead atoms. The number of benzene rings is 2. The molecule has 0 aliphatic heterocycles. The third-order valence-corrected chi connectivity index (χ3v) is 6.64. The van der Waals surface area contributed by atoms with E-state index >= 15 is 0 Å². The molecule has 7 heteroatoms. The maximum Gasteiger partial charge on any atom is 0.244 e. The number of anilines is 1. The normalized spacial score (nSPS) is 13.4. The Bertz CT molecular complexity index is 1030. The monoisotopic (exact) mass is 446 g/mol. The van der Waals surface area contributed by atoms with Gasteiger partial charge >= 0.3 is 0 Å². The van der Waals surface area contributed by atoms with Crippen molar-refractivity contribution in [2.24, 2.45) is 0 Å². The molecular weight excluding hydrogens is 412 g/mol. The number of hydrogen-bond donors (Lipinski definition) is 1. The first-order valence-corrected chi connectivity index (χ1v) is 12.4. The maximum atomic E-state index is 13.3. The van der Waals surface area contributed by atoms with Crippen LogP contribution in [0, 0.1) is 20.8 Å². The topological polar surface area (TPSA) is 75.7 Å². The second kappa shape index (κ2) is 10.2. The van der Waals surface area contributed by atoms with Crippen LogP contribution in [0.25, 0.3) is 0 Å². The maximum absolute atomic E-state index is 13.3. The molecule has 0 fully saturated rings.